The van der Waals surface area contributed by atoms with Crippen LogP contribution in [0.1, 0.15) is 12.8 Å². The Hall–Kier alpha value is -0.580. The zero-order valence-electron chi connectivity index (χ0n) is 9.69. The van der Waals surface area contributed by atoms with Crippen molar-refractivity contribution in [3.8, 4) is 5.75 Å². The number of hydrogen-bond donors (Lipinski definition) is 1. The topological polar surface area (TPSA) is 38.7 Å². The van der Waals surface area contributed by atoms with E-state index in [0.29, 0.717) is 13.2 Å². The first kappa shape index (κ1) is 12.9. The fraction of sp³-hybridized carbons (Fsp3) is 0.538. The Kier molecular flexibility index (Phi) is 4.42. The molecule has 1 aromatic carbocycles. The van der Waals surface area contributed by atoms with Crippen molar-refractivity contribution in [3.05, 3.63) is 28.7 Å². The number of ether oxygens (including phenoxy) is 2. The van der Waals surface area contributed by atoms with E-state index in [4.69, 9.17) is 9.47 Å². The predicted molar refractivity (Wildman–Crippen MR) is 69.2 cm³/mol. The lowest BCUT2D eigenvalue weighted by molar-refractivity contribution is 0.0734. The molecule has 0 saturated carbocycles. The molecule has 0 bridgehead atoms. The Balaban J connectivity index is 1.80. The summed E-state index contributed by atoms with van der Waals surface area (Å²) in [5.41, 5.74) is -0.0879. The van der Waals surface area contributed by atoms with Crippen molar-refractivity contribution in [2.75, 3.05) is 26.4 Å². The first-order valence-corrected chi connectivity index (χ1v) is 6.60. The number of benzene rings is 1. The summed E-state index contributed by atoms with van der Waals surface area (Å²) < 4.78 is 12.1. The van der Waals surface area contributed by atoms with Crippen LogP contribution in [0.15, 0.2) is 28.7 Å². The van der Waals surface area contributed by atoms with Gasteiger partial charge in [0.15, 0.2) is 0 Å². The first-order chi connectivity index (χ1) is 8.24. The molecule has 94 valence electrons. The second-order valence-corrected chi connectivity index (χ2v) is 5.43. The molecule has 1 unspecified atom stereocenters. The van der Waals surface area contributed by atoms with Crippen LogP contribution in [-0.4, -0.2) is 31.5 Å². The molecule has 1 N–H and O–H groups in total. The quantitative estimate of drug-likeness (QED) is 0.908. The lowest BCUT2D eigenvalue weighted by atomic mass is 9.85. The van der Waals surface area contributed by atoms with Gasteiger partial charge in [-0.25, -0.2) is 0 Å². The Morgan fingerprint density at radius 3 is 2.71 bits per heavy atom. The van der Waals surface area contributed by atoms with Gasteiger partial charge >= 0.3 is 0 Å². The molecule has 0 radical (unpaired) electrons. The maximum Gasteiger partial charge on any atom is 0.119 e. The summed E-state index contributed by atoms with van der Waals surface area (Å²) in [6.07, 6.45) is 1.76. The van der Waals surface area contributed by atoms with Crippen LogP contribution in [0.4, 0.5) is 0 Å². The van der Waals surface area contributed by atoms with E-state index < -0.39 is 0 Å². The molecular weight excluding hydrogens is 284 g/mol. The highest BCUT2D eigenvalue weighted by molar-refractivity contribution is 9.10. The normalized spacial score (nSPS) is 23.9. The maximum atomic E-state index is 9.41. The Bertz CT molecular complexity index is 344. The minimum atomic E-state index is -0.0879. The standard InChI is InChI=1S/C13H17BrO3/c14-11-1-3-12(4-2-11)17-8-6-13(9-15)5-7-16-10-13/h1-4,15H,5-10H2. The van der Waals surface area contributed by atoms with Gasteiger partial charge in [0.05, 0.1) is 19.8 Å². The molecule has 1 fully saturated rings. The highest BCUT2D eigenvalue weighted by Gasteiger charge is 2.34. The van der Waals surface area contributed by atoms with Gasteiger partial charge in [-0.3, -0.25) is 0 Å². The number of aliphatic hydroxyl groups is 1. The van der Waals surface area contributed by atoms with Crippen molar-refractivity contribution in [2.24, 2.45) is 5.41 Å². The Morgan fingerprint density at radius 1 is 1.35 bits per heavy atom. The lowest BCUT2D eigenvalue weighted by Gasteiger charge is -2.24. The van der Waals surface area contributed by atoms with Crippen LogP contribution >= 0.6 is 15.9 Å². The molecule has 1 aromatic rings. The number of rotatable bonds is 5. The molecule has 17 heavy (non-hydrogen) atoms. The van der Waals surface area contributed by atoms with Gasteiger partial charge in [0.2, 0.25) is 0 Å². The van der Waals surface area contributed by atoms with Crippen LogP contribution in [0.3, 0.4) is 0 Å². The average Bonchev–Trinajstić information content (AvgIpc) is 2.81. The molecule has 0 aliphatic carbocycles. The summed E-state index contributed by atoms with van der Waals surface area (Å²) in [6, 6.07) is 7.77. The van der Waals surface area contributed by atoms with Crippen LogP contribution in [0, 0.1) is 5.41 Å². The van der Waals surface area contributed by atoms with Gasteiger partial charge in [-0.15, -0.1) is 0 Å². The fourth-order valence-electron chi connectivity index (χ4n) is 1.97. The summed E-state index contributed by atoms with van der Waals surface area (Å²) in [4.78, 5) is 0. The summed E-state index contributed by atoms with van der Waals surface area (Å²) in [5, 5.41) is 9.41. The van der Waals surface area contributed by atoms with Crippen molar-refractivity contribution < 1.29 is 14.6 Å². The Morgan fingerprint density at radius 2 is 2.12 bits per heavy atom. The highest BCUT2D eigenvalue weighted by atomic mass is 79.9. The summed E-state index contributed by atoms with van der Waals surface area (Å²) in [5.74, 6) is 0.861. The molecule has 0 spiro atoms. The van der Waals surface area contributed by atoms with E-state index in [9.17, 15) is 5.11 Å². The lowest BCUT2D eigenvalue weighted by Crippen LogP contribution is -2.28. The van der Waals surface area contributed by atoms with E-state index in [1.165, 1.54) is 0 Å². The average molecular weight is 301 g/mol. The van der Waals surface area contributed by atoms with Gasteiger partial charge in [0.1, 0.15) is 5.75 Å². The zero-order valence-corrected chi connectivity index (χ0v) is 11.3. The van der Waals surface area contributed by atoms with Crippen LogP contribution in [-0.2, 0) is 4.74 Å². The van der Waals surface area contributed by atoms with Gasteiger partial charge in [-0.1, -0.05) is 15.9 Å². The zero-order chi connectivity index (χ0) is 12.1. The summed E-state index contributed by atoms with van der Waals surface area (Å²) in [7, 11) is 0. The second-order valence-electron chi connectivity index (χ2n) is 4.51. The van der Waals surface area contributed by atoms with Crippen molar-refractivity contribution in [2.45, 2.75) is 12.8 Å². The van der Waals surface area contributed by atoms with E-state index in [1.54, 1.807) is 0 Å². The van der Waals surface area contributed by atoms with Crippen molar-refractivity contribution in [1.29, 1.82) is 0 Å². The molecule has 3 nitrogen and oxygen atoms in total. The molecule has 1 aliphatic heterocycles. The molecular formula is C13H17BrO3. The smallest absolute Gasteiger partial charge is 0.119 e. The van der Waals surface area contributed by atoms with Gasteiger partial charge in [0.25, 0.3) is 0 Å². The minimum Gasteiger partial charge on any atom is -0.494 e. The molecule has 0 amide bonds. The second kappa shape index (κ2) is 5.85. The van der Waals surface area contributed by atoms with Gasteiger partial charge in [0, 0.05) is 16.5 Å². The molecule has 1 aliphatic rings. The van der Waals surface area contributed by atoms with Gasteiger partial charge in [-0.05, 0) is 37.1 Å². The van der Waals surface area contributed by atoms with E-state index in [0.717, 1.165) is 29.7 Å². The molecule has 4 heteroatoms. The summed E-state index contributed by atoms with van der Waals surface area (Å²) in [6.45, 7) is 2.19. The van der Waals surface area contributed by atoms with E-state index in [2.05, 4.69) is 15.9 Å². The van der Waals surface area contributed by atoms with Gasteiger partial charge < -0.3 is 14.6 Å². The Labute approximate surface area is 110 Å². The number of aliphatic hydroxyl groups excluding tert-OH is 1. The van der Waals surface area contributed by atoms with Crippen molar-refractivity contribution in [1.82, 2.24) is 0 Å². The first-order valence-electron chi connectivity index (χ1n) is 5.81. The number of hydrogen-bond acceptors (Lipinski definition) is 3. The van der Waals surface area contributed by atoms with Crippen LogP contribution in [0.5, 0.6) is 5.75 Å². The monoisotopic (exact) mass is 300 g/mol. The third-order valence-electron chi connectivity index (χ3n) is 3.24. The highest BCUT2D eigenvalue weighted by Crippen LogP contribution is 2.31. The van der Waals surface area contributed by atoms with Crippen LogP contribution in [0.2, 0.25) is 0 Å². The molecule has 1 atom stereocenters. The fourth-order valence-corrected chi connectivity index (χ4v) is 2.23. The van der Waals surface area contributed by atoms with Gasteiger partial charge in [-0.2, -0.15) is 0 Å². The SMILES string of the molecule is OCC1(CCOc2ccc(Br)cc2)CCOC1. The number of halogens is 1. The predicted octanol–water partition coefficient (Wildman–Crippen LogP) is 2.62. The largest absolute Gasteiger partial charge is 0.494 e. The third-order valence-corrected chi connectivity index (χ3v) is 3.76. The molecule has 2 rings (SSSR count). The van der Waals surface area contributed by atoms with Crippen molar-refractivity contribution >= 4 is 15.9 Å². The molecule has 1 heterocycles. The molecule has 1 saturated heterocycles. The third kappa shape index (κ3) is 3.44. The minimum absolute atomic E-state index is 0.0879. The van der Waals surface area contributed by atoms with Crippen LogP contribution < -0.4 is 4.74 Å². The van der Waals surface area contributed by atoms with Crippen LogP contribution in [0.25, 0.3) is 0 Å². The van der Waals surface area contributed by atoms with Crippen molar-refractivity contribution in [3.63, 3.8) is 0 Å². The van der Waals surface area contributed by atoms with E-state index >= 15 is 0 Å². The maximum absolute atomic E-state index is 9.41. The van der Waals surface area contributed by atoms with E-state index in [-0.39, 0.29) is 12.0 Å². The molecule has 0 aromatic heterocycles. The summed E-state index contributed by atoms with van der Waals surface area (Å²) >= 11 is 3.38. The van der Waals surface area contributed by atoms with E-state index in [1.807, 2.05) is 24.3 Å².